The van der Waals surface area contributed by atoms with Gasteiger partial charge in [0, 0.05) is 29.3 Å². The van der Waals surface area contributed by atoms with E-state index in [2.05, 4.69) is 54.4 Å². The number of benzene rings is 1. The Kier molecular flexibility index (Phi) is 4.47. The minimum absolute atomic E-state index is 0.0883. The molecular formula is C22H27N3O. The van der Waals surface area contributed by atoms with Crippen molar-refractivity contribution in [3.8, 4) is 11.3 Å². The Morgan fingerprint density at radius 1 is 1.12 bits per heavy atom. The van der Waals surface area contributed by atoms with E-state index in [1.165, 1.54) is 0 Å². The van der Waals surface area contributed by atoms with Crippen molar-refractivity contribution in [3.63, 3.8) is 0 Å². The first kappa shape index (κ1) is 18.3. The van der Waals surface area contributed by atoms with E-state index in [0.29, 0.717) is 0 Å². The molecule has 1 aromatic carbocycles. The number of aryl methyl sites for hydroxylation is 3. The predicted octanol–water partition coefficient (Wildman–Crippen LogP) is 5.27. The van der Waals surface area contributed by atoms with Gasteiger partial charge in [0.15, 0.2) is 5.78 Å². The molecule has 0 N–H and O–H groups in total. The Morgan fingerprint density at radius 2 is 1.81 bits per heavy atom. The van der Waals surface area contributed by atoms with Crippen LogP contribution >= 0.6 is 0 Å². The Labute approximate surface area is 155 Å². The van der Waals surface area contributed by atoms with Gasteiger partial charge >= 0.3 is 0 Å². The van der Waals surface area contributed by atoms with Gasteiger partial charge in [-0.3, -0.25) is 9.78 Å². The van der Waals surface area contributed by atoms with Crippen molar-refractivity contribution >= 4 is 16.7 Å². The summed E-state index contributed by atoms with van der Waals surface area (Å²) in [6, 6.07) is 4.22. The zero-order chi connectivity index (χ0) is 19.2. The molecule has 2 heterocycles. The van der Waals surface area contributed by atoms with Gasteiger partial charge in [0.25, 0.3) is 0 Å². The quantitative estimate of drug-likeness (QED) is 0.605. The second-order valence-electron chi connectivity index (χ2n) is 8.40. The van der Waals surface area contributed by atoms with Crippen LogP contribution in [0.1, 0.15) is 55.0 Å². The number of ketones is 1. The van der Waals surface area contributed by atoms with E-state index in [0.717, 1.165) is 51.2 Å². The van der Waals surface area contributed by atoms with E-state index in [1.807, 2.05) is 26.2 Å². The van der Waals surface area contributed by atoms with Gasteiger partial charge in [-0.2, -0.15) is 0 Å². The highest BCUT2D eigenvalue weighted by atomic mass is 16.1. The Bertz CT molecular complexity index is 1010. The summed E-state index contributed by atoms with van der Waals surface area (Å²) in [6.07, 6.45) is 3.81. The summed E-state index contributed by atoms with van der Waals surface area (Å²) in [6.45, 7) is 15.2. The minimum atomic E-state index is 0.0883. The van der Waals surface area contributed by atoms with Gasteiger partial charge in [-0.25, -0.2) is 4.98 Å². The van der Waals surface area contributed by atoms with Crippen LogP contribution in [-0.2, 0) is 6.54 Å². The van der Waals surface area contributed by atoms with Crippen LogP contribution in [0.25, 0.3) is 22.2 Å². The summed E-state index contributed by atoms with van der Waals surface area (Å²) in [4.78, 5) is 21.4. The van der Waals surface area contributed by atoms with Crippen LogP contribution in [0.5, 0.6) is 0 Å². The maximum Gasteiger partial charge on any atom is 0.161 e. The molecule has 0 atom stereocenters. The summed E-state index contributed by atoms with van der Waals surface area (Å²) < 4.78 is 2.22. The summed E-state index contributed by atoms with van der Waals surface area (Å²) in [7, 11) is 0. The van der Waals surface area contributed by atoms with Gasteiger partial charge < -0.3 is 4.57 Å². The van der Waals surface area contributed by atoms with E-state index < -0.39 is 0 Å². The molecule has 0 bridgehead atoms. The lowest BCUT2D eigenvalue weighted by Crippen LogP contribution is -2.15. The van der Waals surface area contributed by atoms with Crippen LogP contribution in [0, 0.1) is 26.2 Å². The van der Waals surface area contributed by atoms with E-state index in [1.54, 1.807) is 6.92 Å². The topological polar surface area (TPSA) is 47.8 Å². The molecule has 3 aromatic rings. The third kappa shape index (κ3) is 3.41. The van der Waals surface area contributed by atoms with Crippen molar-refractivity contribution in [1.82, 2.24) is 14.5 Å². The smallest absolute Gasteiger partial charge is 0.161 e. The van der Waals surface area contributed by atoms with Gasteiger partial charge in [0.1, 0.15) is 0 Å². The van der Waals surface area contributed by atoms with Gasteiger partial charge in [0.2, 0.25) is 0 Å². The number of Topliss-reactive ketones (excluding diaryl/α,β-unsaturated/α-hetero) is 1. The highest BCUT2D eigenvalue weighted by Gasteiger charge is 2.19. The van der Waals surface area contributed by atoms with E-state index in [9.17, 15) is 4.79 Å². The number of nitrogens with zero attached hydrogens (tertiary/aromatic N) is 3. The van der Waals surface area contributed by atoms with Crippen LogP contribution in [0.4, 0.5) is 0 Å². The fraction of sp³-hybridized carbons (Fsp3) is 0.409. The van der Waals surface area contributed by atoms with E-state index in [4.69, 9.17) is 0 Å². The van der Waals surface area contributed by atoms with Crippen LogP contribution < -0.4 is 0 Å². The van der Waals surface area contributed by atoms with Gasteiger partial charge in [-0.15, -0.1) is 0 Å². The van der Waals surface area contributed by atoms with Crippen LogP contribution in [0.2, 0.25) is 0 Å². The van der Waals surface area contributed by atoms with Crippen molar-refractivity contribution in [2.75, 3.05) is 0 Å². The number of rotatable bonds is 3. The SMILES string of the molecule is CC(=O)c1cn(CC(C)(C)C)c2c(C)cc(-c3cnc(C)c(C)n3)cc12. The highest BCUT2D eigenvalue weighted by Crippen LogP contribution is 2.32. The Hall–Kier alpha value is -2.49. The average molecular weight is 349 g/mol. The lowest BCUT2D eigenvalue weighted by Gasteiger charge is -2.20. The molecule has 26 heavy (non-hydrogen) atoms. The summed E-state index contributed by atoms with van der Waals surface area (Å²) in [5, 5.41) is 0.997. The Morgan fingerprint density at radius 3 is 2.38 bits per heavy atom. The van der Waals surface area contributed by atoms with Gasteiger partial charge in [0.05, 0.1) is 28.8 Å². The first-order chi connectivity index (χ1) is 12.1. The summed E-state index contributed by atoms with van der Waals surface area (Å²) in [5.41, 5.74) is 6.89. The van der Waals surface area contributed by atoms with Crippen molar-refractivity contribution in [3.05, 3.63) is 47.0 Å². The van der Waals surface area contributed by atoms with Crippen molar-refractivity contribution < 1.29 is 4.79 Å². The molecule has 136 valence electrons. The molecule has 0 radical (unpaired) electrons. The standard InChI is InChI=1S/C22H27N3O/c1-13-8-17(20-10-23-14(2)15(3)24-20)9-18-19(16(4)26)11-25(21(13)18)12-22(5,6)7/h8-11H,12H2,1-7H3. The monoisotopic (exact) mass is 349 g/mol. The molecule has 0 aliphatic rings. The molecule has 0 spiro atoms. The van der Waals surface area contributed by atoms with Crippen molar-refractivity contribution in [2.24, 2.45) is 5.41 Å². The third-order valence-corrected chi connectivity index (χ3v) is 4.67. The molecule has 0 amide bonds. The first-order valence-electron chi connectivity index (χ1n) is 9.02. The molecule has 4 nitrogen and oxygen atoms in total. The molecule has 3 rings (SSSR count). The number of hydrogen-bond acceptors (Lipinski definition) is 3. The molecule has 0 aliphatic carbocycles. The van der Waals surface area contributed by atoms with Gasteiger partial charge in [-0.1, -0.05) is 20.8 Å². The van der Waals surface area contributed by atoms with E-state index in [-0.39, 0.29) is 11.2 Å². The van der Waals surface area contributed by atoms with Crippen LogP contribution in [0.3, 0.4) is 0 Å². The predicted molar refractivity (Wildman–Crippen MR) is 107 cm³/mol. The summed E-state index contributed by atoms with van der Waals surface area (Å²) >= 11 is 0. The van der Waals surface area contributed by atoms with Crippen LogP contribution in [-0.4, -0.2) is 20.3 Å². The van der Waals surface area contributed by atoms with Crippen LogP contribution in [0.15, 0.2) is 24.5 Å². The second-order valence-corrected chi connectivity index (χ2v) is 8.40. The number of aromatic nitrogens is 3. The number of carbonyl (C=O) groups is 1. The maximum atomic E-state index is 12.3. The maximum absolute atomic E-state index is 12.3. The zero-order valence-corrected chi connectivity index (χ0v) is 16.8. The lowest BCUT2D eigenvalue weighted by molar-refractivity contribution is 0.101. The molecule has 0 saturated heterocycles. The molecule has 0 saturated carbocycles. The first-order valence-corrected chi connectivity index (χ1v) is 9.02. The number of hydrogen-bond donors (Lipinski definition) is 0. The fourth-order valence-electron chi connectivity index (χ4n) is 3.40. The molecule has 4 heteroatoms. The normalized spacial score (nSPS) is 12.0. The molecule has 0 aliphatic heterocycles. The second kappa shape index (κ2) is 6.35. The number of fused-ring (bicyclic) bond motifs is 1. The highest BCUT2D eigenvalue weighted by molar-refractivity contribution is 6.08. The average Bonchev–Trinajstić information content (AvgIpc) is 2.87. The third-order valence-electron chi connectivity index (χ3n) is 4.67. The zero-order valence-electron chi connectivity index (χ0n) is 16.8. The Balaban J connectivity index is 2.25. The van der Waals surface area contributed by atoms with Crippen molar-refractivity contribution in [1.29, 1.82) is 0 Å². The minimum Gasteiger partial charge on any atom is -0.346 e. The molecule has 2 aromatic heterocycles. The molecular weight excluding hydrogens is 322 g/mol. The molecule has 0 unspecified atom stereocenters. The van der Waals surface area contributed by atoms with E-state index >= 15 is 0 Å². The fourth-order valence-corrected chi connectivity index (χ4v) is 3.40. The summed E-state index contributed by atoms with van der Waals surface area (Å²) in [5.74, 6) is 0.0883. The lowest BCUT2D eigenvalue weighted by atomic mass is 9.96. The van der Waals surface area contributed by atoms with Crippen molar-refractivity contribution in [2.45, 2.75) is 55.0 Å². The molecule has 0 fully saturated rings. The number of carbonyl (C=O) groups excluding carboxylic acids is 1. The largest absolute Gasteiger partial charge is 0.346 e. The van der Waals surface area contributed by atoms with Gasteiger partial charge in [-0.05, 0) is 50.8 Å².